The molecule has 0 spiro atoms. The zero-order valence-electron chi connectivity index (χ0n) is 13.4. The minimum atomic E-state index is -0.606. The summed E-state index contributed by atoms with van der Waals surface area (Å²) in [7, 11) is 0. The van der Waals surface area contributed by atoms with Crippen molar-refractivity contribution in [1.82, 2.24) is 0 Å². The molecule has 0 radical (unpaired) electrons. The quantitative estimate of drug-likeness (QED) is 0.513. The van der Waals surface area contributed by atoms with Crippen LogP contribution in [-0.2, 0) is 6.42 Å². The minimum absolute atomic E-state index is 0.0272. The molecule has 0 aromatic heterocycles. The van der Waals surface area contributed by atoms with E-state index >= 15 is 0 Å². The average molecular weight is 321 g/mol. The van der Waals surface area contributed by atoms with Crippen molar-refractivity contribution in [2.75, 3.05) is 0 Å². The zero-order valence-corrected chi connectivity index (χ0v) is 13.4. The number of halogens is 2. The molecule has 24 heavy (non-hydrogen) atoms. The van der Waals surface area contributed by atoms with Crippen molar-refractivity contribution in [1.29, 1.82) is 5.26 Å². The van der Waals surface area contributed by atoms with Gasteiger partial charge in [-0.25, -0.2) is 8.78 Å². The monoisotopic (exact) mass is 321 g/mol. The van der Waals surface area contributed by atoms with Gasteiger partial charge in [0.2, 0.25) is 0 Å². The SMILES string of the molecule is C=C/C(=C(\C=C)c1ccc(CC)c(F)c1)c1ccc(C#N)c(F)c1. The highest BCUT2D eigenvalue weighted by Crippen LogP contribution is 2.30. The topological polar surface area (TPSA) is 23.8 Å². The molecule has 0 saturated carbocycles. The van der Waals surface area contributed by atoms with Gasteiger partial charge in [0, 0.05) is 0 Å². The largest absolute Gasteiger partial charge is 0.207 e. The molecule has 0 bridgehead atoms. The molecule has 0 fully saturated rings. The second kappa shape index (κ2) is 7.52. The van der Waals surface area contributed by atoms with Gasteiger partial charge in [0.15, 0.2) is 0 Å². The normalized spacial score (nSPS) is 11.4. The average Bonchev–Trinajstić information content (AvgIpc) is 2.59. The number of benzene rings is 2. The summed E-state index contributed by atoms with van der Waals surface area (Å²) in [6.07, 6.45) is 3.77. The van der Waals surface area contributed by atoms with Crippen LogP contribution in [0.4, 0.5) is 8.78 Å². The first kappa shape index (κ1) is 17.4. The van der Waals surface area contributed by atoms with Gasteiger partial charge in [-0.1, -0.05) is 50.4 Å². The van der Waals surface area contributed by atoms with Gasteiger partial charge >= 0.3 is 0 Å². The van der Waals surface area contributed by atoms with E-state index in [9.17, 15) is 8.78 Å². The van der Waals surface area contributed by atoms with E-state index in [4.69, 9.17) is 5.26 Å². The summed E-state index contributed by atoms with van der Waals surface area (Å²) in [6.45, 7) is 9.45. The number of aryl methyl sites for hydroxylation is 1. The summed E-state index contributed by atoms with van der Waals surface area (Å²) in [5.41, 5.74) is 3.07. The number of nitriles is 1. The zero-order chi connectivity index (χ0) is 17.7. The summed E-state index contributed by atoms with van der Waals surface area (Å²) in [6, 6.07) is 11.1. The minimum Gasteiger partial charge on any atom is -0.207 e. The van der Waals surface area contributed by atoms with Crippen LogP contribution in [0.2, 0.25) is 0 Å². The Morgan fingerprint density at radius 1 is 1.00 bits per heavy atom. The van der Waals surface area contributed by atoms with E-state index in [1.54, 1.807) is 30.4 Å². The van der Waals surface area contributed by atoms with Crippen LogP contribution in [0.25, 0.3) is 11.1 Å². The number of hydrogen-bond acceptors (Lipinski definition) is 1. The van der Waals surface area contributed by atoms with Crippen molar-refractivity contribution >= 4 is 11.1 Å². The molecule has 0 amide bonds. The standard InChI is InChI=1S/C21H17F2N/c1-4-14-7-8-15(11-20(14)22)18(5-2)19(6-3)16-9-10-17(13-24)21(23)12-16/h5-12H,2-4H2,1H3/b19-18-. The highest BCUT2D eigenvalue weighted by atomic mass is 19.1. The molecule has 0 atom stereocenters. The molecule has 1 nitrogen and oxygen atoms in total. The van der Waals surface area contributed by atoms with Gasteiger partial charge in [0.05, 0.1) is 5.56 Å². The molecular weight excluding hydrogens is 304 g/mol. The van der Waals surface area contributed by atoms with Crippen molar-refractivity contribution in [2.24, 2.45) is 0 Å². The van der Waals surface area contributed by atoms with Gasteiger partial charge in [-0.05, 0) is 52.5 Å². The van der Waals surface area contributed by atoms with Crippen LogP contribution in [0.1, 0.15) is 29.2 Å². The number of nitrogens with zero attached hydrogens (tertiary/aromatic N) is 1. The molecule has 2 rings (SSSR count). The molecule has 120 valence electrons. The Labute approximate surface area is 140 Å². The molecule has 2 aromatic carbocycles. The van der Waals surface area contributed by atoms with Crippen LogP contribution >= 0.6 is 0 Å². The third-order valence-electron chi connectivity index (χ3n) is 3.84. The highest BCUT2D eigenvalue weighted by molar-refractivity contribution is 5.99. The maximum Gasteiger partial charge on any atom is 0.141 e. The third-order valence-corrected chi connectivity index (χ3v) is 3.84. The van der Waals surface area contributed by atoms with Crippen LogP contribution < -0.4 is 0 Å². The third kappa shape index (κ3) is 3.33. The predicted octanol–water partition coefficient (Wildman–Crippen LogP) is 5.68. The lowest BCUT2D eigenvalue weighted by molar-refractivity contribution is 0.612. The predicted molar refractivity (Wildman–Crippen MR) is 94.1 cm³/mol. The Bertz CT molecular complexity index is 870. The molecule has 0 unspecified atom stereocenters. The molecule has 0 aliphatic heterocycles. The van der Waals surface area contributed by atoms with Gasteiger partial charge in [-0.3, -0.25) is 0 Å². The molecule has 0 saturated heterocycles. The van der Waals surface area contributed by atoms with Crippen molar-refractivity contribution in [3.63, 3.8) is 0 Å². The second-order valence-electron chi connectivity index (χ2n) is 5.20. The summed E-state index contributed by atoms with van der Waals surface area (Å²) in [5, 5.41) is 8.84. The van der Waals surface area contributed by atoms with Crippen LogP contribution in [0.5, 0.6) is 0 Å². The Morgan fingerprint density at radius 3 is 1.96 bits per heavy atom. The lowest BCUT2D eigenvalue weighted by atomic mass is 9.93. The molecule has 2 aromatic rings. The van der Waals surface area contributed by atoms with E-state index in [2.05, 4.69) is 13.2 Å². The van der Waals surface area contributed by atoms with Crippen LogP contribution in [-0.4, -0.2) is 0 Å². The first-order chi connectivity index (χ1) is 11.5. The van der Waals surface area contributed by atoms with Gasteiger partial charge in [-0.15, -0.1) is 0 Å². The van der Waals surface area contributed by atoms with Crippen LogP contribution in [0, 0.1) is 23.0 Å². The molecule has 0 aliphatic rings. The van der Waals surface area contributed by atoms with E-state index in [1.807, 2.05) is 13.0 Å². The van der Waals surface area contributed by atoms with Gasteiger partial charge in [-0.2, -0.15) is 5.26 Å². The number of allylic oxidation sites excluding steroid dienone is 4. The van der Waals surface area contributed by atoms with Gasteiger partial charge in [0.1, 0.15) is 17.7 Å². The Balaban J connectivity index is 2.64. The fourth-order valence-electron chi connectivity index (χ4n) is 2.54. The fourth-order valence-corrected chi connectivity index (χ4v) is 2.54. The number of rotatable bonds is 5. The highest BCUT2D eigenvalue weighted by Gasteiger charge is 2.11. The summed E-state index contributed by atoms with van der Waals surface area (Å²) in [5.74, 6) is -0.894. The molecule has 0 N–H and O–H groups in total. The van der Waals surface area contributed by atoms with E-state index in [-0.39, 0.29) is 11.4 Å². The summed E-state index contributed by atoms with van der Waals surface area (Å²) < 4.78 is 28.0. The summed E-state index contributed by atoms with van der Waals surface area (Å²) >= 11 is 0. The van der Waals surface area contributed by atoms with Crippen molar-refractivity contribution in [2.45, 2.75) is 13.3 Å². The second-order valence-corrected chi connectivity index (χ2v) is 5.20. The van der Waals surface area contributed by atoms with Crippen molar-refractivity contribution in [3.8, 4) is 6.07 Å². The van der Waals surface area contributed by atoms with E-state index in [0.29, 0.717) is 34.3 Å². The fraction of sp³-hybridized carbons (Fsp3) is 0.0952. The van der Waals surface area contributed by atoms with E-state index < -0.39 is 5.82 Å². The Kier molecular flexibility index (Phi) is 5.44. The number of hydrogen-bond donors (Lipinski definition) is 0. The Morgan fingerprint density at radius 2 is 1.54 bits per heavy atom. The van der Waals surface area contributed by atoms with E-state index in [1.165, 1.54) is 18.2 Å². The maximum absolute atomic E-state index is 14.1. The molecule has 3 heteroatoms. The molecular formula is C21H17F2N. The smallest absolute Gasteiger partial charge is 0.141 e. The van der Waals surface area contributed by atoms with Gasteiger partial charge < -0.3 is 0 Å². The molecule has 0 heterocycles. The lowest BCUT2D eigenvalue weighted by Crippen LogP contribution is -1.94. The van der Waals surface area contributed by atoms with Gasteiger partial charge in [0.25, 0.3) is 0 Å². The first-order valence-corrected chi connectivity index (χ1v) is 7.53. The summed E-state index contributed by atoms with van der Waals surface area (Å²) in [4.78, 5) is 0. The maximum atomic E-state index is 14.1. The molecule has 0 aliphatic carbocycles. The lowest BCUT2D eigenvalue weighted by Gasteiger charge is -2.12. The van der Waals surface area contributed by atoms with Crippen molar-refractivity contribution < 1.29 is 8.78 Å². The van der Waals surface area contributed by atoms with Crippen LogP contribution in [0.15, 0.2) is 61.7 Å². The first-order valence-electron chi connectivity index (χ1n) is 7.53. The van der Waals surface area contributed by atoms with E-state index in [0.717, 1.165) is 0 Å². The van der Waals surface area contributed by atoms with Crippen LogP contribution in [0.3, 0.4) is 0 Å². The Hall–Kier alpha value is -2.99. The van der Waals surface area contributed by atoms with Crippen molar-refractivity contribution in [3.05, 3.63) is 95.6 Å².